The quantitative estimate of drug-likeness (QED) is 0.609. The second kappa shape index (κ2) is 9.74. The number of carbonyl (C=O) groups excluding carboxylic acids is 2. The van der Waals surface area contributed by atoms with E-state index in [0.29, 0.717) is 17.0 Å². The fourth-order valence-electron chi connectivity index (χ4n) is 3.00. The molecule has 0 saturated heterocycles. The van der Waals surface area contributed by atoms with Gasteiger partial charge in [0.1, 0.15) is 5.75 Å². The molecule has 0 aliphatic heterocycles. The van der Waals surface area contributed by atoms with Crippen molar-refractivity contribution in [3.05, 3.63) is 90.0 Å². The van der Waals surface area contributed by atoms with Crippen molar-refractivity contribution in [3.63, 3.8) is 0 Å². The molecule has 0 aromatic heterocycles. The van der Waals surface area contributed by atoms with Crippen molar-refractivity contribution in [1.82, 2.24) is 0 Å². The Morgan fingerprint density at radius 3 is 2.33 bits per heavy atom. The summed E-state index contributed by atoms with van der Waals surface area (Å²) in [6, 6.07) is 24.0. The average molecular weight is 402 g/mol. The van der Waals surface area contributed by atoms with Gasteiger partial charge in [0.05, 0.1) is 0 Å². The van der Waals surface area contributed by atoms with Crippen LogP contribution in [0.2, 0.25) is 0 Å². The van der Waals surface area contributed by atoms with E-state index in [0.717, 1.165) is 12.1 Å². The summed E-state index contributed by atoms with van der Waals surface area (Å²) in [6.07, 6.45) is 0.272. The monoisotopic (exact) mass is 402 g/mol. The summed E-state index contributed by atoms with van der Waals surface area (Å²) in [4.78, 5) is 26.9. The standard InChI is InChI=1S/C25H26N2O3/c1-4-19-13-15-23(16-14-19)30-18(2)24(28)26-21-10-8-9-20(17-21)25(29)27(3)22-11-6-5-7-12-22/h5-18H,4H2,1-3H3,(H,26,28). The molecule has 0 aliphatic rings. The molecule has 3 aromatic rings. The number of amides is 2. The predicted molar refractivity (Wildman–Crippen MR) is 120 cm³/mol. The lowest BCUT2D eigenvalue weighted by atomic mass is 10.1. The summed E-state index contributed by atoms with van der Waals surface area (Å²) < 4.78 is 5.73. The van der Waals surface area contributed by atoms with Crippen LogP contribution in [0.25, 0.3) is 0 Å². The number of rotatable bonds is 7. The molecule has 0 aliphatic carbocycles. The topological polar surface area (TPSA) is 58.6 Å². The smallest absolute Gasteiger partial charge is 0.265 e. The summed E-state index contributed by atoms with van der Waals surface area (Å²) in [6.45, 7) is 3.78. The first-order chi connectivity index (χ1) is 14.5. The van der Waals surface area contributed by atoms with Gasteiger partial charge >= 0.3 is 0 Å². The molecule has 1 N–H and O–H groups in total. The number of carbonyl (C=O) groups is 2. The maximum Gasteiger partial charge on any atom is 0.265 e. The Morgan fingerprint density at radius 2 is 1.67 bits per heavy atom. The van der Waals surface area contributed by atoms with Gasteiger partial charge in [0.15, 0.2) is 6.10 Å². The third kappa shape index (κ3) is 5.26. The van der Waals surface area contributed by atoms with Gasteiger partial charge < -0.3 is 15.0 Å². The van der Waals surface area contributed by atoms with E-state index in [1.807, 2.05) is 54.6 Å². The minimum absolute atomic E-state index is 0.155. The fourth-order valence-corrected chi connectivity index (χ4v) is 3.00. The Kier molecular flexibility index (Phi) is 6.86. The number of para-hydroxylation sites is 1. The van der Waals surface area contributed by atoms with Crippen LogP contribution >= 0.6 is 0 Å². The van der Waals surface area contributed by atoms with Gasteiger partial charge in [-0.15, -0.1) is 0 Å². The third-order valence-corrected chi connectivity index (χ3v) is 4.84. The van der Waals surface area contributed by atoms with Crippen LogP contribution in [0, 0.1) is 0 Å². The highest BCUT2D eigenvalue weighted by Gasteiger charge is 2.17. The molecule has 5 nitrogen and oxygen atoms in total. The van der Waals surface area contributed by atoms with Crippen LogP contribution in [0.4, 0.5) is 11.4 Å². The van der Waals surface area contributed by atoms with Crippen molar-refractivity contribution in [3.8, 4) is 5.75 Å². The largest absolute Gasteiger partial charge is 0.481 e. The molecule has 0 saturated carbocycles. The van der Waals surface area contributed by atoms with E-state index in [9.17, 15) is 9.59 Å². The molecule has 3 aromatic carbocycles. The summed E-state index contributed by atoms with van der Waals surface area (Å²) in [5, 5.41) is 2.82. The van der Waals surface area contributed by atoms with E-state index < -0.39 is 6.10 Å². The van der Waals surface area contributed by atoms with Crippen LogP contribution in [0.3, 0.4) is 0 Å². The first kappa shape index (κ1) is 21.1. The number of ether oxygens (including phenoxy) is 1. The molecule has 3 rings (SSSR count). The number of aryl methyl sites for hydroxylation is 1. The van der Waals surface area contributed by atoms with Gasteiger partial charge in [0.25, 0.3) is 11.8 Å². The van der Waals surface area contributed by atoms with Crippen LogP contribution in [0.15, 0.2) is 78.9 Å². The normalized spacial score (nSPS) is 11.4. The summed E-state index contributed by atoms with van der Waals surface area (Å²) in [5.74, 6) is 0.205. The van der Waals surface area contributed by atoms with Crippen molar-refractivity contribution in [2.75, 3.05) is 17.3 Å². The molecule has 1 atom stereocenters. The molecule has 0 fully saturated rings. The lowest BCUT2D eigenvalue weighted by Crippen LogP contribution is -2.30. The first-order valence-corrected chi connectivity index (χ1v) is 9.97. The highest BCUT2D eigenvalue weighted by molar-refractivity contribution is 6.06. The average Bonchev–Trinajstić information content (AvgIpc) is 2.79. The molecule has 2 amide bonds. The number of nitrogens with one attached hydrogen (secondary N) is 1. The molecule has 0 spiro atoms. The second-order valence-electron chi connectivity index (χ2n) is 7.03. The van der Waals surface area contributed by atoms with Gasteiger partial charge in [-0.25, -0.2) is 0 Å². The zero-order chi connectivity index (χ0) is 21.5. The Morgan fingerprint density at radius 1 is 0.967 bits per heavy atom. The van der Waals surface area contributed by atoms with Crippen molar-refractivity contribution in [2.45, 2.75) is 26.4 Å². The summed E-state index contributed by atoms with van der Waals surface area (Å²) >= 11 is 0. The van der Waals surface area contributed by atoms with Crippen molar-refractivity contribution in [1.29, 1.82) is 0 Å². The number of nitrogens with zero attached hydrogens (tertiary/aromatic N) is 1. The predicted octanol–water partition coefficient (Wildman–Crippen LogP) is 4.93. The Labute approximate surface area is 177 Å². The Bertz CT molecular complexity index is 1000. The number of hydrogen-bond acceptors (Lipinski definition) is 3. The molecule has 5 heteroatoms. The summed E-state index contributed by atoms with van der Waals surface area (Å²) in [5.41, 5.74) is 3.04. The minimum Gasteiger partial charge on any atom is -0.481 e. The van der Waals surface area contributed by atoms with E-state index in [1.165, 1.54) is 5.56 Å². The summed E-state index contributed by atoms with van der Waals surface area (Å²) in [7, 11) is 1.72. The van der Waals surface area contributed by atoms with Crippen molar-refractivity contribution >= 4 is 23.2 Å². The van der Waals surface area contributed by atoms with Gasteiger partial charge in [0.2, 0.25) is 0 Å². The third-order valence-electron chi connectivity index (χ3n) is 4.84. The minimum atomic E-state index is -0.677. The van der Waals surface area contributed by atoms with Crippen LogP contribution in [0.5, 0.6) is 5.75 Å². The fraction of sp³-hybridized carbons (Fsp3) is 0.200. The lowest BCUT2D eigenvalue weighted by molar-refractivity contribution is -0.122. The van der Waals surface area contributed by atoms with Crippen LogP contribution in [-0.2, 0) is 11.2 Å². The number of anilines is 2. The molecule has 0 bridgehead atoms. The highest BCUT2D eigenvalue weighted by Crippen LogP contribution is 2.19. The highest BCUT2D eigenvalue weighted by atomic mass is 16.5. The molecule has 0 heterocycles. The lowest BCUT2D eigenvalue weighted by Gasteiger charge is -2.18. The van der Waals surface area contributed by atoms with E-state index >= 15 is 0 Å². The molecular weight excluding hydrogens is 376 g/mol. The van der Waals surface area contributed by atoms with Gasteiger partial charge in [-0.2, -0.15) is 0 Å². The Hall–Kier alpha value is -3.60. The molecule has 30 heavy (non-hydrogen) atoms. The van der Waals surface area contributed by atoms with E-state index in [1.54, 1.807) is 43.1 Å². The molecule has 1 unspecified atom stereocenters. The van der Waals surface area contributed by atoms with Gasteiger partial charge in [-0.05, 0) is 61.4 Å². The first-order valence-electron chi connectivity index (χ1n) is 9.97. The zero-order valence-electron chi connectivity index (χ0n) is 17.5. The number of benzene rings is 3. The van der Waals surface area contributed by atoms with Crippen molar-refractivity contribution in [2.24, 2.45) is 0 Å². The van der Waals surface area contributed by atoms with E-state index in [-0.39, 0.29) is 11.8 Å². The molecule has 0 radical (unpaired) electrons. The SMILES string of the molecule is CCc1ccc(OC(C)C(=O)Nc2cccc(C(=O)N(C)c3ccccc3)c2)cc1. The molecule has 154 valence electrons. The van der Waals surface area contributed by atoms with Crippen LogP contribution < -0.4 is 15.0 Å². The van der Waals surface area contributed by atoms with Gasteiger partial charge in [-0.1, -0.05) is 43.3 Å². The van der Waals surface area contributed by atoms with Crippen LogP contribution in [-0.4, -0.2) is 25.0 Å². The molecular formula is C25H26N2O3. The van der Waals surface area contributed by atoms with Crippen LogP contribution in [0.1, 0.15) is 29.8 Å². The van der Waals surface area contributed by atoms with Gasteiger partial charge in [-0.3, -0.25) is 9.59 Å². The maximum absolute atomic E-state index is 12.8. The Balaban J connectivity index is 1.65. The van der Waals surface area contributed by atoms with Crippen molar-refractivity contribution < 1.29 is 14.3 Å². The van der Waals surface area contributed by atoms with E-state index in [2.05, 4.69) is 12.2 Å². The maximum atomic E-state index is 12.8. The number of hydrogen-bond donors (Lipinski definition) is 1. The second-order valence-corrected chi connectivity index (χ2v) is 7.03. The van der Waals surface area contributed by atoms with Gasteiger partial charge in [0, 0.05) is 24.0 Å². The zero-order valence-corrected chi connectivity index (χ0v) is 17.5. The van der Waals surface area contributed by atoms with E-state index in [4.69, 9.17) is 4.74 Å².